The number of hydrogen-bond acceptors (Lipinski definition) is 2. The molecule has 0 saturated heterocycles. The summed E-state index contributed by atoms with van der Waals surface area (Å²) < 4.78 is 0. The molecule has 0 bridgehead atoms. The van der Waals surface area contributed by atoms with Gasteiger partial charge in [0, 0.05) is 16.6 Å². The lowest BCUT2D eigenvalue weighted by molar-refractivity contribution is -0.126. The first-order chi connectivity index (χ1) is 9.34. The summed E-state index contributed by atoms with van der Waals surface area (Å²) in [5.41, 5.74) is 1.29. The van der Waals surface area contributed by atoms with Crippen molar-refractivity contribution in [1.29, 1.82) is 0 Å². The van der Waals surface area contributed by atoms with E-state index in [4.69, 9.17) is 0 Å². The van der Waals surface area contributed by atoms with Crippen LogP contribution >= 0.6 is 11.8 Å². The lowest BCUT2D eigenvalue weighted by Crippen LogP contribution is -2.35. The molecule has 3 rings (SSSR count). The quantitative estimate of drug-likeness (QED) is 0.833. The molecule has 2 nitrogen and oxygen atoms in total. The van der Waals surface area contributed by atoms with Gasteiger partial charge in [-0.15, -0.1) is 11.8 Å². The van der Waals surface area contributed by atoms with Crippen LogP contribution in [0.15, 0.2) is 41.3 Å². The molecule has 0 aromatic heterocycles. The fraction of sp³-hybridized carbons (Fsp3) is 0.438. The zero-order chi connectivity index (χ0) is 13.1. The van der Waals surface area contributed by atoms with E-state index < -0.39 is 0 Å². The van der Waals surface area contributed by atoms with Crippen molar-refractivity contribution >= 4 is 17.7 Å². The number of carbonyl (C=O) groups excluding carboxylic acids is 1. The molecular weight excluding hydrogens is 254 g/mol. The van der Waals surface area contributed by atoms with Crippen LogP contribution in [0.2, 0.25) is 0 Å². The molecule has 1 aliphatic heterocycles. The Kier molecular flexibility index (Phi) is 3.92. The minimum Gasteiger partial charge on any atom is -0.349 e. The smallest absolute Gasteiger partial charge is 0.223 e. The topological polar surface area (TPSA) is 29.1 Å². The van der Waals surface area contributed by atoms with Crippen LogP contribution in [-0.2, 0) is 4.79 Å². The molecule has 3 heteroatoms. The van der Waals surface area contributed by atoms with E-state index in [9.17, 15) is 4.79 Å². The Labute approximate surface area is 118 Å². The third-order valence-electron chi connectivity index (χ3n) is 3.91. The second-order valence-electron chi connectivity index (χ2n) is 5.22. The third-order valence-corrected chi connectivity index (χ3v) is 5.04. The summed E-state index contributed by atoms with van der Waals surface area (Å²) in [6.45, 7) is 0. The van der Waals surface area contributed by atoms with E-state index >= 15 is 0 Å². The van der Waals surface area contributed by atoms with Gasteiger partial charge in [-0.05, 0) is 37.3 Å². The van der Waals surface area contributed by atoms with Crippen LogP contribution < -0.4 is 5.32 Å². The van der Waals surface area contributed by atoms with Crippen molar-refractivity contribution in [2.24, 2.45) is 5.92 Å². The second kappa shape index (κ2) is 5.83. The molecule has 1 aliphatic carbocycles. The predicted molar refractivity (Wildman–Crippen MR) is 79.1 cm³/mol. The van der Waals surface area contributed by atoms with Gasteiger partial charge >= 0.3 is 0 Å². The zero-order valence-corrected chi connectivity index (χ0v) is 11.8. The molecule has 100 valence electrons. The number of rotatable bonds is 2. The van der Waals surface area contributed by atoms with Crippen LogP contribution in [-0.4, -0.2) is 11.7 Å². The molecular formula is C16H19NOS. The van der Waals surface area contributed by atoms with E-state index in [1.807, 2.05) is 11.8 Å². The van der Waals surface area contributed by atoms with Crippen molar-refractivity contribution in [2.75, 3.05) is 5.75 Å². The van der Waals surface area contributed by atoms with E-state index in [1.54, 1.807) is 0 Å². The normalized spacial score (nSPS) is 25.7. The van der Waals surface area contributed by atoms with Crippen LogP contribution in [0.3, 0.4) is 0 Å². The van der Waals surface area contributed by atoms with Gasteiger partial charge in [0.25, 0.3) is 0 Å². The van der Waals surface area contributed by atoms with E-state index in [0.29, 0.717) is 0 Å². The predicted octanol–water partition coefficient (Wildman–Crippen LogP) is 3.70. The van der Waals surface area contributed by atoms with Crippen LogP contribution in [0.5, 0.6) is 0 Å². The van der Waals surface area contributed by atoms with Gasteiger partial charge in [-0.25, -0.2) is 0 Å². The molecule has 1 aromatic carbocycles. The van der Waals surface area contributed by atoms with Gasteiger partial charge in [0.05, 0.1) is 6.04 Å². The molecule has 1 heterocycles. The molecule has 0 fully saturated rings. The molecule has 0 unspecified atom stereocenters. The molecule has 2 aliphatic rings. The average Bonchev–Trinajstić information content (AvgIpc) is 2.48. The molecule has 1 amide bonds. The number of amides is 1. The number of allylic oxidation sites excluding steroid dienone is 2. The summed E-state index contributed by atoms with van der Waals surface area (Å²) in [6, 6.07) is 8.64. The van der Waals surface area contributed by atoms with Gasteiger partial charge in [0.2, 0.25) is 5.91 Å². The van der Waals surface area contributed by atoms with E-state index in [1.165, 1.54) is 10.5 Å². The highest BCUT2D eigenvalue weighted by Gasteiger charge is 2.25. The summed E-state index contributed by atoms with van der Waals surface area (Å²) in [5, 5.41) is 3.26. The maximum atomic E-state index is 12.3. The van der Waals surface area contributed by atoms with Crippen LogP contribution in [0.1, 0.15) is 37.3 Å². The van der Waals surface area contributed by atoms with Crippen LogP contribution in [0.4, 0.5) is 0 Å². The van der Waals surface area contributed by atoms with Crippen molar-refractivity contribution < 1.29 is 4.79 Å². The number of nitrogens with one attached hydrogen (secondary N) is 1. The summed E-state index contributed by atoms with van der Waals surface area (Å²) in [7, 11) is 0. The van der Waals surface area contributed by atoms with Crippen molar-refractivity contribution in [1.82, 2.24) is 5.32 Å². The molecule has 0 spiro atoms. The number of fused-ring (bicyclic) bond motifs is 1. The monoisotopic (exact) mass is 273 g/mol. The second-order valence-corrected chi connectivity index (χ2v) is 6.35. The van der Waals surface area contributed by atoms with Gasteiger partial charge < -0.3 is 5.32 Å². The Morgan fingerprint density at radius 1 is 1.21 bits per heavy atom. The summed E-state index contributed by atoms with van der Waals surface area (Å²) in [5.74, 6) is 1.50. The highest BCUT2D eigenvalue weighted by molar-refractivity contribution is 7.99. The minimum absolute atomic E-state index is 0.173. The fourth-order valence-corrected chi connectivity index (χ4v) is 3.94. The number of thioether (sulfide) groups is 1. The fourth-order valence-electron chi connectivity index (χ4n) is 2.81. The van der Waals surface area contributed by atoms with Gasteiger partial charge in [-0.2, -0.15) is 0 Å². The SMILES string of the molecule is O=C(N[C@@H]1CCSc2ccccc21)[C@@H]1CC=CCC1. The van der Waals surface area contributed by atoms with Crippen LogP contribution in [0.25, 0.3) is 0 Å². The lowest BCUT2D eigenvalue weighted by atomic mass is 9.92. The first-order valence-corrected chi connectivity index (χ1v) is 8.00. The van der Waals surface area contributed by atoms with E-state index in [0.717, 1.165) is 31.4 Å². The van der Waals surface area contributed by atoms with Gasteiger partial charge in [-0.3, -0.25) is 4.79 Å². The maximum absolute atomic E-state index is 12.3. The molecule has 0 saturated carbocycles. The maximum Gasteiger partial charge on any atom is 0.223 e. The lowest BCUT2D eigenvalue weighted by Gasteiger charge is -2.28. The van der Waals surface area contributed by atoms with Gasteiger partial charge in [0.15, 0.2) is 0 Å². The molecule has 19 heavy (non-hydrogen) atoms. The highest BCUT2D eigenvalue weighted by Crippen LogP contribution is 2.36. The number of benzene rings is 1. The molecule has 2 atom stereocenters. The number of hydrogen-bond donors (Lipinski definition) is 1. The van der Waals surface area contributed by atoms with Crippen LogP contribution in [0, 0.1) is 5.92 Å². The Morgan fingerprint density at radius 2 is 2.11 bits per heavy atom. The standard InChI is InChI=1S/C16H19NOS/c18-16(12-6-2-1-3-7-12)17-14-10-11-19-15-9-5-4-8-13(14)15/h1-2,4-5,8-9,12,14H,3,6-7,10-11H2,(H,17,18)/t12-,14-/m1/s1. The largest absolute Gasteiger partial charge is 0.349 e. The highest BCUT2D eigenvalue weighted by atomic mass is 32.2. The minimum atomic E-state index is 0.173. The first kappa shape index (κ1) is 12.8. The van der Waals surface area contributed by atoms with Crippen molar-refractivity contribution in [3.8, 4) is 0 Å². The van der Waals surface area contributed by atoms with Crippen molar-refractivity contribution in [2.45, 2.75) is 36.6 Å². The van der Waals surface area contributed by atoms with E-state index in [-0.39, 0.29) is 17.9 Å². The van der Waals surface area contributed by atoms with Crippen molar-refractivity contribution in [3.63, 3.8) is 0 Å². The summed E-state index contributed by atoms with van der Waals surface area (Å²) >= 11 is 1.89. The Hall–Kier alpha value is -1.22. The third kappa shape index (κ3) is 2.86. The van der Waals surface area contributed by atoms with E-state index in [2.05, 4.69) is 41.7 Å². The van der Waals surface area contributed by atoms with Gasteiger partial charge in [0.1, 0.15) is 0 Å². The Balaban J connectivity index is 1.70. The van der Waals surface area contributed by atoms with Gasteiger partial charge in [-0.1, -0.05) is 30.4 Å². The average molecular weight is 273 g/mol. The Morgan fingerprint density at radius 3 is 2.95 bits per heavy atom. The molecule has 0 radical (unpaired) electrons. The van der Waals surface area contributed by atoms with Crippen molar-refractivity contribution in [3.05, 3.63) is 42.0 Å². The Bertz CT molecular complexity index is 497. The summed E-state index contributed by atoms with van der Waals surface area (Å²) in [4.78, 5) is 13.6. The number of carbonyl (C=O) groups is 1. The molecule has 1 aromatic rings. The summed E-state index contributed by atoms with van der Waals surface area (Å²) in [6.07, 6.45) is 8.28. The molecule has 1 N–H and O–H groups in total. The zero-order valence-electron chi connectivity index (χ0n) is 11.0. The first-order valence-electron chi connectivity index (χ1n) is 7.01.